The number of Topliss-reactive ketones (excluding diaryl/α,β-unsaturated/α-hetero) is 1. The van der Waals surface area contributed by atoms with Crippen LogP contribution in [0.1, 0.15) is 125 Å². The Labute approximate surface area is 236 Å². The van der Waals surface area contributed by atoms with Crippen molar-refractivity contribution in [2.45, 2.75) is 118 Å². The first-order valence-electron chi connectivity index (χ1n) is 14.0. The summed E-state index contributed by atoms with van der Waals surface area (Å²) < 4.78 is 10.00. The first kappa shape index (κ1) is 34.7. The minimum absolute atomic E-state index is 0.0532. The number of nitro groups is 2. The van der Waals surface area contributed by atoms with Crippen molar-refractivity contribution >= 4 is 29.1 Å². The van der Waals surface area contributed by atoms with E-state index in [1.54, 1.807) is 20.8 Å². The van der Waals surface area contributed by atoms with Crippen molar-refractivity contribution < 1.29 is 33.7 Å². The zero-order valence-corrected chi connectivity index (χ0v) is 24.8. The predicted molar refractivity (Wildman–Crippen MR) is 151 cm³/mol. The van der Waals surface area contributed by atoms with Gasteiger partial charge in [0.25, 0.3) is 11.4 Å². The second-order valence-corrected chi connectivity index (χ2v) is 11.1. The van der Waals surface area contributed by atoms with Crippen LogP contribution in [0.5, 0.6) is 0 Å². The molecule has 0 N–H and O–H groups in total. The molecule has 0 radical (unpaired) electrons. The molecular weight excluding hydrogens is 520 g/mol. The maximum atomic E-state index is 11.8. The van der Waals surface area contributed by atoms with Gasteiger partial charge in [0.05, 0.1) is 9.85 Å². The Hall–Kier alpha value is -3.37. The van der Waals surface area contributed by atoms with Gasteiger partial charge in [0.15, 0.2) is 5.78 Å². The molecule has 0 spiro atoms. The predicted octanol–water partition coefficient (Wildman–Crippen LogP) is 7.00. The molecule has 0 aromatic heterocycles. The summed E-state index contributed by atoms with van der Waals surface area (Å²) >= 11 is 0. The third-order valence-corrected chi connectivity index (χ3v) is 6.77. The topological polar surface area (TPSA) is 156 Å². The highest BCUT2D eigenvalue weighted by Crippen LogP contribution is 2.44. The quantitative estimate of drug-likeness (QED) is 0.163. The van der Waals surface area contributed by atoms with Crippen LogP contribution < -0.4 is 0 Å². The molecule has 1 aliphatic heterocycles. The van der Waals surface area contributed by atoms with Crippen LogP contribution in [0.4, 0.5) is 11.4 Å². The van der Waals surface area contributed by atoms with Crippen LogP contribution in [-0.2, 0) is 24.5 Å². The van der Waals surface area contributed by atoms with Crippen molar-refractivity contribution in [2.24, 2.45) is 0 Å². The van der Waals surface area contributed by atoms with E-state index in [9.17, 15) is 34.6 Å². The van der Waals surface area contributed by atoms with Crippen molar-refractivity contribution in [3.05, 3.63) is 42.5 Å². The third kappa shape index (κ3) is 11.0. The number of nitrogens with zero attached hydrogens (tertiary/aromatic N) is 2. The van der Waals surface area contributed by atoms with Crippen LogP contribution in [0.2, 0.25) is 0 Å². The highest BCUT2D eigenvalue weighted by atomic mass is 16.6. The average Bonchev–Trinajstić information content (AvgIpc) is 2.83. The number of ether oxygens (including phenoxy) is 2. The standard InChI is InChI=1S/C15H26O4.C14H18N2O5/c16-14-10-8-6-4-2-1-3-5-7-9-11-15(17)19-13-12-18-14;1-7-10(9(3)17)8(2)13(16(20)21)11(14(4,5)6)12(7)15(18)19/h1-13H2;1-6H3. The van der Waals surface area contributed by atoms with Crippen molar-refractivity contribution in [3.8, 4) is 0 Å². The Morgan fingerprint density at radius 1 is 0.700 bits per heavy atom. The van der Waals surface area contributed by atoms with Crippen LogP contribution in [0.3, 0.4) is 0 Å². The molecule has 1 aliphatic rings. The molecule has 0 aliphatic carbocycles. The van der Waals surface area contributed by atoms with E-state index in [1.807, 2.05) is 0 Å². The molecule has 11 nitrogen and oxygen atoms in total. The minimum Gasteiger partial charge on any atom is -0.462 e. The van der Waals surface area contributed by atoms with Crippen LogP contribution in [0.15, 0.2) is 0 Å². The maximum absolute atomic E-state index is 11.8. The second kappa shape index (κ2) is 16.7. The highest BCUT2D eigenvalue weighted by Gasteiger charge is 2.39. The fourth-order valence-electron chi connectivity index (χ4n) is 4.93. The van der Waals surface area contributed by atoms with E-state index in [2.05, 4.69) is 0 Å². The zero-order valence-electron chi connectivity index (χ0n) is 24.8. The largest absolute Gasteiger partial charge is 0.462 e. The van der Waals surface area contributed by atoms with E-state index < -0.39 is 21.0 Å². The number of carbonyl (C=O) groups is 3. The number of carbonyl (C=O) groups excluding carboxylic acids is 3. The lowest BCUT2D eigenvalue weighted by Gasteiger charge is -2.22. The molecule has 1 aromatic carbocycles. The van der Waals surface area contributed by atoms with Gasteiger partial charge in [-0.1, -0.05) is 65.7 Å². The van der Waals surface area contributed by atoms with Gasteiger partial charge in [-0.25, -0.2) is 0 Å². The van der Waals surface area contributed by atoms with Gasteiger partial charge in [0, 0.05) is 34.9 Å². The molecule has 1 heterocycles. The summed E-state index contributed by atoms with van der Waals surface area (Å²) in [6.45, 7) is 9.56. The Kier molecular flexibility index (Phi) is 14.4. The number of esters is 2. The molecule has 40 heavy (non-hydrogen) atoms. The van der Waals surface area contributed by atoms with Crippen LogP contribution in [-0.4, -0.2) is 40.8 Å². The number of rotatable bonds is 3. The number of hydrogen-bond acceptors (Lipinski definition) is 9. The molecule has 1 fully saturated rings. The summed E-state index contributed by atoms with van der Waals surface area (Å²) in [7, 11) is 0. The Bertz CT molecular complexity index is 1010. The molecule has 2 rings (SSSR count). The molecule has 0 atom stereocenters. The monoisotopic (exact) mass is 564 g/mol. The molecule has 11 heteroatoms. The van der Waals surface area contributed by atoms with Crippen molar-refractivity contribution in [3.63, 3.8) is 0 Å². The highest BCUT2D eigenvalue weighted by molar-refractivity contribution is 6.00. The van der Waals surface area contributed by atoms with Gasteiger partial charge in [0.1, 0.15) is 18.8 Å². The Morgan fingerprint density at radius 3 is 1.30 bits per heavy atom. The summed E-state index contributed by atoms with van der Waals surface area (Å²) in [5.41, 5.74) is -1.01. The molecule has 1 aromatic rings. The van der Waals surface area contributed by atoms with E-state index in [1.165, 1.54) is 52.9 Å². The molecule has 1 saturated heterocycles. The second-order valence-electron chi connectivity index (χ2n) is 11.1. The molecule has 224 valence electrons. The first-order chi connectivity index (χ1) is 18.7. The van der Waals surface area contributed by atoms with Crippen LogP contribution >= 0.6 is 0 Å². The molecule has 0 saturated carbocycles. The number of hydrogen-bond donors (Lipinski definition) is 0. The van der Waals surface area contributed by atoms with Gasteiger partial charge in [-0.3, -0.25) is 34.6 Å². The van der Waals surface area contributed by atoms with E-state index in [4.69, 9.17) is 9.47 Å². The van der Waals surface area contributed by atoms with Crippen molar-refractivity contribution in [2.75, 3.05) is 13.2 Å². The summed E-state index contributed by atoms with van der Waals surface area (Å²) in [6, 6.07) is 0. The van der Waals surface area contributed by atoms with E-state index in [0.29, 0.717) is 12.8 Å². The normalized spacial score (nSPS) is 16.4. The SMILES string of the molecule is CC(=O)c1c(C)c([N+](=O)[O-])c(C(C)(C)C)c([N+](=O)[O-])c1C.O=C1CCCCCCCCCCCC(=O)OCCO1. The first-order valence-corrected chi connectivity index (χ1v) is 14.0. The number of ketones is 1. The zero-order chi connectivity index (χ0) is 30.5. The van der Waals surface area contributed by atoms with Crippen molar-refractivity contribution in [1.82, 2.24) is 0 Å². The lowest BCUT2D eigenvalue weighted by atomic mass is 9.80. The molecule has 0 amide bonds. The maximum Gasteiger partial charge on any atom is 0.305 e. The van der Waals surface area contributed by atoms with E-state index in [0.717, 1.165) is 25.7 Å². The minimum atomic E-state index is -0.796. The van der Waals surface area contributed by atoms with Gasteiger partial charge in [-0.2, -0.15) is 0 Å². The van der Waals surface area contributed by atoms with Crippen LogP contribution in [0.25, 0.3) is 0 Å². The number of cyclic esters (lactones) is 2. The number of benzene rings is 1. The smallest absolute Gasteiger partial charge is 0.305 e. The summed E-state index contributed by atoms with van der Waals surface area (Å²) in [6.07, 6.45) is 11.1. The summed E-state index contributed by atoms with van der Waals surface area (Å²) in [5, 5.41) is 22.8. The van der Waals surface area contributed by atoms with Crippen LogP contribution in [0, 0.1) is 34.1 Å². The average molecular weight is 565 g/mol. The van der Waals surface area contributed by atoms with E-state index in [-0.39, 0.29) is 58.8 Å². The van der Waals surface area contributed by atoms with Gasteiger partial charge >= 0.3 is 11.9 Å². The summed E-state index contributed by atoms with van der Waals surface area (Å²) in [4.78, 5) is 56.0. The molecule has 0 bridgehead atoms. The number of nitro benzene ring substituents is 2. The molecular formula is C29H44N2O9. The van der Waals surface area contributed by atoms with Gasteiger partial charge in [-0.15, -0.1) is 0 Å². The third-order valence-electron chi connectivity index (χ3n) is 6.77. The lowest BCUT2D eigenvalue weighted by Crippen LogP contribution is -2.20. The fourth-order valence-corrected chi connectivity index (χ4v) is 4.93. The van der Waals surface area contributed by atoms with Crippen molar-refractivity contribution in [1.29, 1.82) is 0 Å². The van der Waals surface area contributed by atoms with Gasteiger partial charge in [-0.05, 0) is 33.6 Å². The van der Waals surface area contributed by atoms with Gasteiger partial charge < -0.3 is 9.47 Å². The van der Waals surface area contributed by atoms with Gasteiger partial charge in [0.2, 0.25) is 0 Å². The Morgan fingerprint density at radius 2 is 1.02 bits per heavy atom. The summed E-state index contributed by atoms with van der Waals surface area (Å²) in [5.74, 6) is -0.780. The lowest BCUT2D eigenvalue weighted by molar-refractivity contribution is -0.397. The molecule has 0 unspecified atom stereocenters. The Balaban J connectivity index is 0.000000402. The van der Waals surface area contributed by atoms with E-state index >= 15 is 0 Å². The fraction of sp³-hybridized carbons (Fsp3) is 0.690.